The van der Waals surface area contributed by atoms with Crippen LogP contribution in [0, 0.1) is 0 Å². The fourth-order valence-corrected chi connectivity index (χ4v) is 5.23. The zero-order valence-electron chi connectivity index (χ0n) is 19.6. The van der Waals surface area contributed by atoms with Gasteiger partial charge < -0.3 is 21.1 Å². The fraction of sp³-hybridized carbons (Fsp3) is 0.481. The number of aromatic hydroxyl groups is 1. The third-order valence-corrected chi connectivity index (χ3v) is 7.34. The summed E-state index contributed by atoms with van der Waals surface area (Å²) >= 11 is 0. The van der Waals surface area contributed by atoms with Gasteiger partial charge in [0, 0.05) is 13.1 Å². The Hall–Kier alpha value is -2.86. The summed E-state index contributed by atoms with van der Waals surface area (Å²) in [6, 6.07) is 15.0. The molecule has 1 aliphatic carbocycles. The van der Waals surface area contributed by atoms with E-state index in [0.29, 0.717) is 25.9 Å². The van der Waals surface area contributed by atoms with Crippen molar-refractivity contribution in [3.05, 3.63) is 65.2 Å². The topological polar surface area (TPSA) is 95.7 Å². The Bertz CT molecular complexity index is 1000. The van der Waals surface area contributed by atoms with Gasteiger partial charge in [-0.15, -0.1) is 0 Å². The second-order valence-electron chi connectivity index (χ2n) is 10.2. The molecule has 2 aromatic rings. The maximum absolute atomic E-state index is 13.5. The van der Waals surface area contributed by atoms with Crippen LogP contribution in [-0.4, -0.2) is 46.5 Å². The number of phenols is 1. The van der Waals surface area contributed by atoms with Crippen molar-refractivity contribution in [2.75, 3.05) is 13.1 Å². The third-order valence-electron chi connectivity index (χ3n) is 7.34. The monoisotopic (exact) mass is 449 g/mol. The van der Waals surface area contributed by atoms with Gasteiger partial charge in [0.2, 0.25) is 11.8 Å². The van der Waals surface area contributed by atoms with Crippen LogP contribution in [0.5, 0.6) is 5.75 Å². The van der Waals surface area contributed by atoms with Crippen LogP contribution in [0.3, 0.4) is 0 Å². The van der Waals surface area contributed by atoms with Crippen molar-refractivity contribution in [2.45, 2.75) is 69.4 Å². The number of carbonyl (C=O) groups is 2. The molecule has 0 aromatic heterocycles. The van der Waals surface area contributed by atoms with Crippen LogP contribution in [0.2, 0.25) is 0 Å². The molecule has 0 radical (unpaired) electrons. The van der Waals surface area contributed by atoms with E-state index in [1.165, 1.54) is 11.1 Å². The number of fused-ring (bicyclic) bond motifs is 2. The first kappa shape index (κ1) is 23.3. The molecule has 1 saturated heterocycles. The number of amides is 2. The number of benzene rings is 2. The van der Waals surface area contributed by atoms with Gasteiger partial charge >= 0.3 is 0 Å². The number of phenolic OH excluding ortho intramolecular Hbond substituents is 1. The van der Waals surface area contributed by atoms with Crippen LogP contribution in [0.15, 0.2) is 48.5 Å². The summed E-state index contributed by atoms with van der Waals surface area (Å²) in [5.74, 6) is -0.155. The van der Waals surface area contributed by atoms with Gasteiger partial charge in [-0.25, -0.2) is 0 Å². The summed E-state index contributed by atoms with van der Waals surface area (Å²) in [5, 5.41) is 12.4. The molecule has 2 aliphatic rings. The Morgan fingerprint density at radius 1 is 1.09 bits per heavy atom. The van der Waals surface area contributed by atoms with Gasteiger partial charge in [-0.05, 0) is 86.6 Å². The number of nitrogens with zero attached hydrogens (tertiary/aromatic N) is 1. The minimum Gasteiger partial charge on any atom is -0.508 e. The van der Waals surface area contributed by atoms with Gasteiger partial charge in [-0.1, -0.05) is 36.4 Å². The second kappa shape index (κ2) is 9.18. The predicted molar refractivity (Wildman–Crippen MR) is 129 cm³/mol. The number of nitrogens with two attached hydrogens (primary N) is 1. The fourth-order valence-electron chi connectivity index (χ4n) is 5.23. The second-order valence-corrected chi connectivity index (χ2v) is 10.2. The van der Waals surface area contributed by atoms with Crippen molar-refractivity contribution in [1.82, 2.24) is 10.2 Å². The lowest BCUT2D eigenvalue weighted by atomic mass is 9.74. The molecule has 176 valence electrons. The first-order valence-electron chi connectivity index (χ1n) is 11.9. The minimum atomic E-state index is -1.06. The van der Waals surface area contributed by atoms with Gasteiger partial charge in [0.25, 0.3) is 0 Å². The summed E-state index contributed by atoms with van der Waals surface area (Å²) in [5.41, 5.74) is 9.02. The molecule has 4 rings (SSSR count). The Labute approximate surface area is 196 Å². The standard InChI is InChI=1S/C27H35N3O3/c1-26(2,28)25(33)29-23(12-9-19-7-10-21(31)11-8-19)24(32)30-17-15-27(16-18-30)14-13-20-5-3-4-6-22(20)27/h3-8,10-11,23,31H,9,12-18,28H2,1-2H3,(H,29,33). The highest BCUT2D eigenvalue weighted by atomic mass is 16.3. The van der Waals surface area contributed by atoms with Crippen LogP contribution in [-0.2, 0) is 27.8 Å². The molecular formula is C27H35N3O3. The molecule has 1 fully saturated rings. The molecule has 4 N–H and O–H groups in total. The van der Waals surface area contributed by atoms with E-state index in [9.17, 15) is 14.7 Å². The molecule has 2 amide bonds. The number of carbonyl (C=O) groups excluding carboxylic acids is 2. The summed E-state index contributed by atoms with van der Waals surface area (Å²) < 4.78 is 0. The molecule has 1 atom stereocenters. The number of hydrogen-bond acceptors (Lipinski definition) is 4. The van der Waals surface area contributed by atoms with Gasteiger partial charge in [0.1, 0.15) is 11.8 Å². The molecule has 1 unspecified atom stereocenters. The van der Waals surface area contributed by atoms with Crippen LogP contribution < -0.4 is 11.1 Å². The van der Waals surface area contributed by atoms with Crippen LogP contribution in [0.4, 0.5) is 0 Å². The first-order valence-corrected chi connectivity index (χ1v) is 11.9. The van der Waals surface area contributed by atoms with Crippen LogP contribution in [0.25, 0.3) is 0 Å². The SMILES string of the molecule is CC(C)(N)C(=O)NC(CCc1ccc(O)cc1)C(=O)N1CCC2(CCc3ccccc32)CC1. The molecule has 0 saturated carbocycles. The van der Waals surface area contributed by atoms with Crippen LogP contribution in [0.1, 0.15) is 56.2 Å². The van der Waals surface area contributed by atoms with E-state index >= 15 is 0 Å². The normalized spacial score (nSPS) is 18.1. The summed E-state index contributed by atoms with van der Waals surface area (Å²) in [4.78, 5) is 28.0. The molecule has 1 heterocycles. The van der Waals surface area contributed by atoms with Crippen molar-refractivity contribution in [3.8, 4) is 5.75 Å². The average molecular weight is 450 g/mol. The number of nitrogens with one attached hydrogen (secondary N) is 1. The average Bonchev–Trinajstić information content (AvgIpc) is 3.15. The lowest BCUT2D eigenvalue weighted by molar-refractivity contribution is -0.139. The van der Waals surface area contributed by atoms with Gasteiger partial charge in [0.15, 0.2) is 0 Å². The highest BCUT2D eigenvalue weighted by Crippen LogP contribution is 2.46. The van der Waals surface area contributed by atoms with E-state index in [0.717, 1.165) is 31.2 Å². The summed E-state index contributed by atoms with van der Waals surface area (Å²) in [6.45, 7) is 4.69. The molecule has 2 aromatic carbocycles. The van der Waals surface area contributed by atoms with Crippen molar-refractivity contribution >= 4 is 11.8 Å². The van der Waals surface area contributed by atoms with Gasteiger partial charge in [0.05, 0.1) is 5.54 Å². The lowest BCUT2D eigenvalue weighted by Crippen LogP contribution is -2.57. The molecule has 0 bridgehead atoms. The predicted octanol–water partition coefficient (Wildman–Crippen LogP) is 3.05. The van der Waals surface area contributed by atoms with Gasteiger partial charge in [-0.2, -0.15) is 0 Å². The van der Waals surface area contributed by atoms with E-state index in [1.807, 2.05) is 17.0 Å². The molecule has 1 aliphatic heterocycles. The number of piperidine rings is 1. The van der Waals surface area contributed by atoms with E-state index in [4.69, 9.17) is 5.73 Å². The third kappa shape index (κ3) is 5.06. The number of hydrogen-bond donors (Lipinski definition) is 3. The van der Waals surface area contributed by atoms with Crippen molar-refractivity contribution in [3.63, 3.8) is 0 Å². The highest BCUT2D eigenvalue weighted by Gasteiger charge is 2.42. The zero-order chi connectivity index (χ0) is 23.6. The van der Waals surface area contributed by atoms with Crippen molar-refractivity contribution in [1.29, 1.82) is 0 Å². The largest absolute Gasteiger partial charge is 0.508 e. The van der Waals surface area contributed by atoms with Crippen molar-refractivity contribution < 1.29 is 14.7 Å². The smallest absolute Gasteiger partial charge is 0.245 e. The Balaban J connectivity index is 1.44. The quantitative estimate of drug-likeness (QED) is 0.632. The van der Waals surface area contributed by atoms with Crippen LogP contribution >= 0.6 is 0 Å². The number of likely N-dealkylation sites (tertiary alicyclic amines) is 1. The lowest BCUT2D eigenvalue weighted by Gasteiger charge is -2.41. The Kier molecular flexibility index (Phi) is 6.48. The highest BCUT2D eigenvalue weighted by molar-refractivity contribution is 5.91. The van der Waals surface area contributed by atoms with E-state index < -0.39 is 11.6 Å². The van der Waals surface area contributed by atoms with E-state index in [-0.39, 0.29) is 23.0 Å². The van der Waals surface area contributed by atoms with E-state index in [2.05, 4.69) is 29.6 Å². The zero-order valence-corrected chi connectivity index (χ0v) is 19.6. The molecule has 6 heteroatoms. The minimum absolute atomic E-state index is 0.0347. The molecule has 33 heavy (non-hydrogen) atoms. The summed E-state index contributed by atoms with van der Waals surface area (Å²) in [7, 11) is 0. The number of aryl methyl sites for hydroxylation is 2. The maximum atomic E-state index is 13.5. The first-order chi connectivity index (χ1) is 15.7. The number of rotatable bonds is 6. The van der Waals surface area contributed by atoms with E-state index in [1.54, 1.807) is 26.0 Å². The molecule has 1 spiro atoms. The maximum Gasteiger partial charge on any atom is 0.245 e. The molecular weight excluding hydrogens is 414 g/mol. The van der Waals surface area contributed by atoms with Gasteiger partial charge in [-0.3, -0.25) is 9.59 Å². The van der Waals surface area contributed by atoms with Crippen molar-refractivity contribution in [2.24, 2.45) is 5.73 Å². The Morgan fingerprint density at radius 3 is 2.42 bits per heavy atom. The molecule has 6 nitrogen and oxygen atoms in total. The Morgan fingerprint density at radius 2 is 1.76 bits per heavy atom. The summed E-state index contributed by atoms with van der Waals surface area (Å²) in [6.07, 6.45) is 5.27.